The summed E-state index contributed by atoms with van der Waals surface area (Å²) in [5, 5.41) is 6.14. The zero-order chi connectivity index (χ0) is 24.0. The third-order valence-corrected chi connectivity index (χ3v) is 5.96. The van der Waals surface area contributed by atoms with E-state index in [4.69, 9.17) is 25.8 Å². The normalized spacial score (nSPS) is 10.3. The molecule has 10 heteroatoms. The summed E-state index contributed by atoms with van der Waals surface area (Å²) < 4.78 is 15.4. The van der Waals surface area contributed by atoms with E-state index in [1.165, 1.54) is 14.2 Å². The summed E-state index contributed by atoms with van der Waals surface area (Å²) in [6.07, 6.45) is 0. The minimum atomic E-state index is -0.668. The maximum absolute atomic E-state index is 12.9. The summed E-state index contributed by atoms with van der Waals surface area (Å²) in [7, 11) is 2.75. The number of halogens is 1. The molecular formula is C23H21ClN2O6S. The molecule has 0 fully saturated rings. The molecule has 0 saturated carbocycles. The van der Waals surface area contributed by atoms with Gasteiger partial charge in [-0.25, -0.2) is 4.79 Å². The van der Waals surface area contributed by atoms with E-state index in [9.17, 15) is 14.4 Å². The van der Waals surface area contributed by atoms with Crippen molar-refractivity contribution in [2.75, 3.05) is 31.5 Å². The Balaban J connectivity index is 1.78. The number of rotatable bonds is 8. The van der Waals surface area contributed by atoms with Crippen LogP contribution < -0.4 is 20.1 Å². The fourth-order valence-electron chi connectivity index (χ4n) is 2.90. The lowest BCUT2D eigenvalue weighted by molar-refractivity contribution is -0.118. The molecule has 0 aliphatic heterocycles. The van der Waals surface area contributed by atoms with Crippen LogP contribution in [-0.2, 0) is 9.53 Å². The number of amides is 2. The highest BCUT2D eigenvalue weighted by molar-refractivity contribution is 7.19. The number of methoxy groups -OCH3 is 2. The van der Waals surface area contributed by atoms with Crippen LogP contribution in [0.1, 0.15) is 25.6 Å². The van der Waals surface area contributed by atoms with Crippen molar-refractivity contribution in [2.24, 2.45) is 0 Å². The second-order valence-electron chi connectivity index (χ2n) is 6.73. The number of thiophene rings is 1. The summed E-state index contributed by atoms with van der Waals surface area (Å²) >= 11 is 6.81. The first kappa shape index (κ1) is 24.1. The van der Waals surface area contributed by atoms with Crippen LogP contribution in [0.25, 0.3) is 0 Å². The fraction of sp³-hybridized carbons (Fsp3) is 0.174. The number of carbonyl (C=O) groups excluding carboxylic acids is 3. The summed E-state index contributed by atoms with van der Waals surface area (Å²) in [4.78, 5) is 38.0. The van der Waals surface area contributed by atoms with Crippen molar-refractivity contribution in [1.29, 1.82) is 0 Å². The molecule has 8 nitrogen and oxygen atoms in total. The largest absolute Gasteiger partial charge is 0.497 e. The zero-order valence-corrected chi connectivity index (χ0v) is 19.6. The van der Waals surface area contributed by atoms with Crippen molar-refractivity contribution >= 4 is 51.4 Å². The van der Waals surface area contributed by atoms with E-state index >= 15 is 0 Å². The molecule has 172 valence electrons. The highest BCUT2D eigenvalue weighted by Gasteiger charge is 2.26. The molecule has 0 aliphatic carbocycles. The number of ether oxygens (including phenoxy) is 3. The monoisotopic (exact) mass is 488 g/mol. The van der Waals surface area contributed by atoms with Gasteiger partial charge in [-0.2, -0.15) is 0 Å². The Morgan fingerprint density at radius 2 is 1.73 bits per heavy atom. The van der Waals surface area contributed by atoms with Gasteiger partial charge in [-0.1, -0.05) is 17.7 Å². The first-order valence-electron chi connectivity index (χ1n) is 9.67. The van der Waals surface area contributed by atoms with Crippen molar-refractivity contribution in [3.63, 3.8) is 0 Å². The lowest BCUT2D eigenvalue weighted by Crippen LogP contribution is -2.21. The summed E-state index contributed by atoms with van der Waals surface area (Å²) in [5.41, 5.74) is 1.02. The first-order chi connectivity index (χ1) is 15.8. The quantitative estimate of drug-likeness (QED) is 0.442. The molecule has 0 saturated heterocycles. The van der Waals surface area contributed by atoms with E-state index in [0.717, 1.165) is 11.3 Å². The predicted molar refractivity (Wildman–Crippen MR) is 127 cm³/mol. The van der Waals surface area contributed by atoms with Crippen LogP contribution in [0.3, 0.4) is 0 Å². The van der Waals surface area contributed by atoms with E-state index in [2.05, 4.69) is 10.6 Å². The molecule has 2 aromatic carbocycles. The van der Waals surface area contributed by atoms with Gasteiger partial charge in [0.05, 0.1) is 24.7 Å². The van der Waals surface area contributed by atoms with E-state index in [1.54, 1.807) is 55.5 Å². The van der Waals surface area contributed by atoms with Gasteiger partial charge in [0.1, 0.15) is 16.5 Å². The maximum atomic E-state index is 12.9. The van der Waals surface area contributed by atoms with Gasteiger partial charge in [0.25, 0.3) is 11.8 Å². The number of hydrogen-bond donors (Lipinski definition) is 2. The molecule has 0 atom stereocenters. The SMILES string of the molecule is COC(=O)c1c(NC(=O)COc2ccc(Cl)cc2)sc(C(=O)Nc2cccc(OC)c2)c1C. The Labute approximate surface area is 199 Å². The Bertz CT molecular complexity index is 1180. The Hall–Kier alpha value is -3.56. The minimum Gasteiger partial charge on any atom is -0.497 e. The van der Waals surface area contributed by atoms with Gasteiger partial charge in [0, 0.05) is 16.8 Å². The summed E-state index contributed by atoms with van der Waals surface area (Å²) in [6, 6.07) is 13.4. The van der Waals surface area contributed by atoms with Crippen molar-refractivity contribution in [3.05, 3.63) is 69.6 Å². The number of esters is 1. The van der Waals surface area contributed by atoms with Gasteiger partial charge >= 0.3 is 5.97 Å². The van der Waals surface area contributed by atoms with Gasteiger partial charge in [-0.15, -0.1) is 11.3 Å². The molecule has 0 unspecified atom stereocenters. The van der Waals surface area contributed by atoms with Crippen LogP contribution >= 0.6 is 22.9 Å². The van der Waals surface area contributed by atoms with E-state index in [-0.39, 0.29) is 22.0 Å². The number of anilines is 2. The Morgan fingerprint density at radius 3 is 2.39 bits per heavy atom. The van der Waals surface area contributed by atoms with Crippen molar-refractivity contribution in [3.8, 4) is 11.5 Å². The van der Waals surface area contributed by atoms with Crippen molar-refractivity contribution < 1.29 is 28.6 Å². The van der Waals surface area contributed by atoms with Crippen molar-refractivity contribution in [1.82, 2.24) is 0 Å². The number of benzene rings is 2. The molecule has 0 aliphatic rings. The summed E-state index contributed by atoms with van der Waals surface area (Å²) in [6.45, 7) is 1.31. The molecule has 3 rings (SSSR count). The first-order valence-corrected chi connectivity index (χ1v) is 10.9. The molecule has 2 amide bonds. The average Bonchev–Trinajstić information content (AvgIpc) is 3.14. The van der Waals surface area contributed by atoms with Crippen molar-refractivity contribution in [2.45, 2.75) is 6.92 Å². The van der Waals surface area contributed by atoms with Gasteiger partial charge in [-0.3, -0.25) is 9.59 Å². The van der Waals surface area contributed by atoms with Crippen LogP contribution in [0, 0.1) is 6.92 Å². The number of hydrogen-bond acceptors (Lipinski definition) is 7. The van der Waals surface area contributed by atoms with Crippen LogP contribution in [0.2, 0.25) is 5.02 Å². The predicted octanol–water partition coefficient (Wildman–Crippen LogP) is 4.77. The standard InChI is InChI=1S/C23H21ClN2O6S/c1-13-19(23(29)31-3)22(26-18(27)12-32-16-9-7-14(24)8-10-16)33-20(13)21(28)25-15-5-4-6-17(11-15)30-2/h4-11H,12H2,1-3H3,(H,25,28)(H,26,27). The van der Waals surface area contributed by atoms with Crippen LogP contribution in [0.4, 0.5) is 10.7 Å². The molecule has 2 N–H and O–H groups in total. The van der Waals surface area contributed by atoms with E-state index in [0.29, 0.717) is 27.8 Å². The lowest BCUT2D eigenvalue weighted by Gasteiger charge is -2.08. The molecule has 0 spiro atoms. The maximum Gasteiger partial charge on any atom is 0.341 e. The Kier molecular flexibility index (Phi) is 7.92. The zero-order valence-electron chi connectivity index (χ0n) is 18.1. The second-order valence-corrected chi connectivity index (χ2v) is 8.19. The third-order valence-electron chi connectivity index (χ3n) is 4.51. The molecule has 0 radical (unpaired) electrons. The molecule has 3 aromatic rings. The van der Waals surface area contributed by atoms with E-state index in [1.807, 2.05) is 0 Å². The Morgan fingerprint density at radius 1 is 1.00 bits per heavy atom. The smallest absolute Gasteiger partial charge is 0.341 e. The fourth-order valence-corrected chi connectivity index (χ4v) is 4.13. The third kappa shape index (κ3) is 6.03. The van der Waals surface area contributed by atoms with Gasteiger partial charge < -0.3 is 24.8 Å². The topological polar surface area (TPSA) is 103 Å². The second kappa shape index (κ2) is 10.8. The van der Waals surface area contributed by atoms with Crippen LogP contribution in [-0.4, -0.2) is 38.6 Å². The highest BCUT2D eigenvalue weighted by atomic mass is 35.5. The lowest BCUT2D eigenvalue weighted by atomic mass is 10.1. The summed E-state index contributed by atoms with van der Waals surface area (Å²) in [5.74, 6) is -0.564. The molecular weight excluding hydrogens is 468 g/mol. The van der Waals surface area contributed by atoms with E-state index < -0.39 is 17.8 Å². The molecule has 33 heavy (non-hydrogen) atoms. The number of carbonyl (C=O) groups is 3. The average molecular weight is 489 g/mol. The minimum absolute atomic E-state index is 0.109. The van der Waals surface area contributed by atoms with Crippen LogP contribution in [0.5, 0.6) is 11.5 Å². The van der Waals surface area contributed by atoms with Gasteiger partial charge in [-0.05, 0) is 48.9 Å². The van der Waals surface area contributed by atoms with Gasteiger partial charge in [0.2, 0.25) is 0 Å². The molecule has 1 aromatic heterocycles. The highest BCUT2D eigenvalue weighted by Crippen LogP contribution is 2.34. The molecule has 1 heterocycles. The van der Waals surface area contributed by atoms with Crippen LogP contribution in [0.15, 0.2) is 48.5 Å². The molecule has 0 bridgehead atoms. The van der Waals surface area contributed by atoms with Gasteiger partial charge in [0.15, 0.2) is 6.61 Å². The number of nitrogens with one attached hydrogen (secondary N) is 2.